The van der Waals surface area contributed by atoms with E-state index in [2.05, 4.69) is 59.7 Å². The van der Waals surface area contributed by atoms with E-state index in [-0.39, 0.29) is 0 Å². The Labute approximate surface area is 119 Å². The Hall–Kier alpha value is -0.780. The van der Waals surface area contributed by atoms with Gasteiger partial charge in [0.25, 0.3) is 0 Å². The van der Waals surface area contributed by atoms with Crippen molar-refractivity contribution in [3.63, 3.8) is 0 Å². The van der Waals surface area contributed by atoms with Crippen molar-refractivity contribution in [3.8, 4) is 0 Å². The van der Waals surface area contributed by atoms with Gasteiger partial charge in [0, 0.05) is 0 Å². The summed E-state index contributed by atoms with van der Waals surface area (Å²) in [6.07, 6.45) is 5.10. The molecule has 0 amide bonds. The first-order chi connectivity index (χ1) is 8.76. The van der Waals surface area contributed by atoms with Crippen molar-refractivity contribution >= 4 is 0 Å². The van der Waals surface area contributed by atoms with E-state index in [0.717, 1.165) is 5.92 Å². The van der Waals surface area contributed by atoms with Gasteiger partial charge >= 0.3 is 0 Å². The van der Waals surface area contributed by atoms with Crippen LogP contribution in [0.2, 0.25) is 0 Å². The fourth-order valence-corrected chi connectivity index (χ4v) is 3.31. The molecule has 1 aromatic rings. The van der Waals surface area contributed by atoms with Crippen molar-refractivity contribution in [3.05, 3.63) is 34.9 Å². The van der Waals surface area contributed by atoms with Gasteiger partial charge in [-0.1, -0.05) is 66.2 Å². The monoisotopic (exact) mass is 258 g/mol. The summed E-state index contributed by atoms with van der Waals surface area (Å²) in [5, 5.41) is 0. The molecule has 0 nitrogen and oxygen atoms in total. The minimum absolute atomic E-state index is 0.344. The van der Waals surface area contributed by atoms with Crippen LogP contribution < -0.4 is 0 Å². The lowest BCUT2D eigenvalue weighted by Crippen LogP contribution is -2.33. The Bertz CT molecular complexity index is 451. The summed E-state index contributed by atoms with van der Waals surface area (Å²) in [5.41, 5.74) is 5.40. The van der Waals surface area contributed by atoms with Crippen LogP contribution in [-0.2, 0) is 17.3 Å². The molecule has 0 saturated carbocycles. The molecular weight excluding hydrogens is 228 g/mol. The third-order valence-electron chi connectivity index (χ3n) is 5.20. The molecule has 1 aliphatic rings. The molecule has 0 radical (unpaired) electrons. The van der Waals surface area contributed by atoms with Crippen LogP contribution in [0.4, 0.5) is 0 Å². The Morgan fingerprint density at radius 1 is 1.00 bits per heavy atom. The molecule has 0 bridgehead atoms. The Kier molecular flexibility index (Phi) is 3.82. The summed E-state index contributed by atoms with van der Waals surface area (Å²) in [6, 6.07) is 7.28. The zero-order chi connectivity index (χ0) is 14.3. The van der Waals surface area contributed by atoms with Crippen molar-refractivity contribution in [1.82, 2.24) is 0 Å². The molecule has 0 heterocycles. The smallest absolute Gasteiger partial charge is 0.0100 e. The van der Waals surface area contributed by atoms with Gasteiger partial charge in [-0.25, -0.2) is 0 Å². The molecule has 19 heavy (non-hydrogen) atoms. The van der Waals surface area contributed by atoms with E-state index < -0.39 is 0 Å². The summed E-state index contributed by atoms with van der Waals surface area (Å²) in [7, 11) is 0. The van der Waals surface area contributed by atoms with Gasteiger partial charge in [-0.3, -0.25) is 0 Å². The summed E-state index contributed by atoms with van der Waals surface area (Å²) >= 11 is 0. The van der Waals surface area contributed by atoms with Gasteiger partial charge in [0.1, 0.15) is 0 Å². The minimum Gasteiger partial charge on any atom is -0.0651 e. The third kappa shape index (κ3) is 2.88. The highest BCUT2D eigenvalue weighted by molar-refractivity contribution is 5.43. The maximum atomic E-state index is 2.50. The van der Waals surface area contributed by atoms with Crippen LogP contribution in [0.5, 0.6) is 0 Å². The van der Waals surface area contributed by atoms with Crippen LogP contribution in [0.3, 0.4) is 0 Å². The first-order valence-corrected chi connectivity index (χ1v) is 7.90. The van der Waals surface area contributed by atoms with E-state index >= 15 is 0 Å². The van der Waals surface area contributed by atoms with E-state index in [1.807, 2.05) is 0 Å². The molecule has 0 spiro atoms. The summed E-state index contributed by atoms with van der Waals surface area (Å²) in [5.74, 6) is 0.790. The van der Waals surface area contributed by atoms with E-state index in [1.54, 1.807) is 11.1 Å². The van der Waals surface area contributed by atoms with E-state index in [4.69, 9.17) is 0 Å². The molecule has 0 fully saturated rings. The first-order valence-electron chi connectivity index (χ1n) is 7.90. The number of rotatable bonds is 3. The maximum Gasteiger partial charge on any atom is -0.0100 e. The highest BCUT2D eigenvalue weighted by atomic mass is 14.4. The van der Waals surface area contributed by atoms with Crippen molar-refractivity contribution < 1.29 is 0 Å². The molecular formula is C19H30. The van der Waals surface area contributed by atoms with Gasteiger partial charge in [0.05, 0.1) is 0 Å². The fourth-order valence-electron chi connectivity index (χ4n) is 3.31. The summed E-state index contributed by atoms with van der Waals surface area (Å²) in [4.78, 5) is 0. The Balaban J connectivity index is 2.41. The maximum absolute atomic E-state index is 2.50. The van der Waals surface area contributed by atoms with Crippen LogP contribution >= 0.6 is 0 Å². The zero-order valence-corrected chi connectivity index (χ0v) is 13.6. The van der Waals surface area contributed by atoms with Crippen LogP contribution in [0, 0.1) is 5.92 Å². The van der Waals surface area contributed by atoms with Gasteiger partial charge in [0.15, 0.2) is 0 Å². The predicted octanol–water partition coefficient (Wildman–Crippen LogP) is 5.62. The molecule has 1 aromatic carbocycles. The van der Waals surface area contributed by atoms with Gasteiger partial charge < -0.3 is 0 Å². The first kappa shape index (κ1) is 14.6. The molecule has 106 valence electrons. The van der Waals surface area contributed by atoms with Crippen molar-refractivity contribution in [2.45, 2.75) is 78.1 Å². The SMILES string of the molecule is CCC(C)Cc1ccc2c(c1)C(C)(C)CCC2(C)C. The average Bonchev–Trinajstić information content (AvgIpc) is 2.35. The molecule has 0 heteroatoms. The lowest BCUT2D eigenvalue weighted by Gasteiger charge is -2.42. The summed E-state index contributed by atoms with van der Waals surface area (Å²) < 4.78 is 0. The minimum atomic E-state index is 0.344. The predicted molar refractivity (Wildman–Crippen MR) is 84.9 cm³/mol. The van der Waals surface area contributed by atoms with Crippen molar-refractivity contribution in [2.24, 2.45) is 5.92 Å². The van der Waals surface area contributed by atoms with Crippen LogP contribution in [-0.4, -0.2) is 0 Å². The normalized spacial score (nSPS) is 21.8. The lowest BCUT2D eigenvalue weighted by atomic mass is 9.63. The number of fused-ring (bicyclic) bond motifs is 1. The highest BCUT2D eigenvalue weighted by Gasteiger charge is 2.36. The van der Waals surface area contributed by atoms with Crippen molar-refractivity contribution in [2.75, 3.05) is 0 Å². The second-order valence-corrected chi connectivity index (χ2v) is 7.87. The fraction of sp³-hybridized carbons (Fsp3) is 0.684. The number of benzene rings is 1. The average molecular weight is 258 g/mol. The summed E-state index contributed by atoms with van der Waals surface area (Å²) in [6.45, 7) is 14.3. The van der Waals surface area contributed by atoms with Crippen LogP contribution in [0.1, 0.15) is 77.5 Å². The second kappa shape index (κ2) is 4.96. The number of hydrogen-bond donors (Lipinski definition) is 0. The highest BCUT2D eigenvalue weighted by Crippen LogP contribution is 2.46. The third-order valence-corrected chi connectivity index (χ3v) is 5.20. The zero-order valence-electron chi connectivity index (χ0n) is 13.6. The molecule has 0 N–H and O–H groups in total. The molecule has 0 aromatic heterocycles. The molecule has 0 saturated heterocycles. The molecule has 2 rings (SSSR count). The van der Waals surface area contributed by atoms with Crippen LogP contribution in [0.25, 0.3) is 0 Å². The topological polar surface area (TPSA) is 0 Å². The molecule has 0 aliphatic heterocycles. The van der Waals surface area contributed by atoms with E-state index in [9.17, 15) is 0 Å². The lowest BCUT2D eigenvalue weighted by molar-refractivity contribution is 0.331. The van der Waals surface area contributed by atoms with E-state index in [0.29, 0.717) is 10.8 Å². The van der Waals surface area contributed by atoms with Crippen molar-refractivity contribution in [1.29, 1.82) is 0 Å². The molecule has 1 unspecified atom stereocenters. The van der Waals surface area contributed by atoms with Gasteiger partial charge in [-0.15, -0.1) is 0 Å². The standard InChI is InChI=1S/C19H30/c1-7-14(2)12-15-8-9-16-17(13-15)19(5,6)11-10-18(16,3)4/h8-9,13-14H,7,10-12H2,1-6H3. The Morgan fingerprint density at radius 3 is 2.16 bits per heavy atom. The van der Waals surface area contributed by atoms with E-state index in [1.165, 1.54) is 31.2 Å². The van der Waals surface area contributed by atoms with Gasteiger partial charge in [-0.05, 0) is 52.7 Å². The van der Waals surface area contributed by atoms with Crippen LogP contribution in [0.15, 0.2) is 18.2 Å². The van der Waals surface area contributed by atoms with Gasteiger partial charge in [0.2, 0.25) is 0 Å². The van der Waals surface area contributed by atoms with Gasteiger partial charge in [-0.2, -0.15) is 0 Å². The molecule has 1 aliphatic carbocycles. The largest absolute Gasteiger partial charge is 0.0651 e. The molecule has 1 atom stereocenters. The second-order valence-electron chi connectivity index (χ2n) is 7.87. The quantitative estimate of drug-likeness (QED) is 0.659. The Morgan fingerprint density at radius 2 is 1.58 bits per heavy atom. The number of hydrogen-bond acceptors (Lipinski definition) is 0.